The molecule has 0 radical (unpaired) electrons. The predicted octanol–water partition coefficient (Wildman–Crippen LogP) is 2.52. The second-order valence-corrected chi connectivity index (χ2v) is 5.02. The summed E-state index contributed by atoms with van der Waals surface area (Å²) in [5.41, 5.74) is 2.78. The molecular formula is C17H19ClN2O2. The molecule has 0 unspecified atom stereocenters. The topological polar surface area (TPSA) is 50.4 Å². The maximum Gasteiger partial charge on any atom is 0.251 e. The first kappa shape index (κ1) is 16.3. The number of hydrogen-bond acceptors (Lipinski definition) is 3. The molecule has 22 heavy (non-hydrogen) atoms. The Labute approximate surface area is 136 Å². The molecule has 0 saturated carbocycles. The van der Waals surface area contributed by atoms with E-state index in [1.807, 2.05) is 48.5 Å². The van der Waals surface area contributed by atoms with Crippen molar-refractivity contribution in [3.8, 4) is 5.75 Å². The van der Waals surface area contributed by atoms with E-state index in [0.717, 1.165) is 30.0 Å². The Balaban J connectivity index is 0.00000176. The highest BCUT2D eigenvalue weighted by Gasteiger charge is 2.12. The molecule has 2 aromatic carbocycles. The number of fused-ring (bicyclic) bond motifs is 1. The van der Waals surface area contributed by atoms with Crippen LogP contribution in [0.1, 0.15) is 21.5 Å². The third kappa shape index (κ3) is 4.00. The lowest BCUT2D eigenvalue weighted by Gasteiger charge is -2.09. The summed E-state index contributed by atoms with van der Waals surface area (Å²) in [5, 5.41) is 6.21. The molecule has 1 amide bonds. The highest BCUT2D eigenvalue weighted by atomic mass is 35.5. The summed E-state index contributed by atoms with van der Waals surface area (Å²) >= 11 is 0. The molecule has 5 heteroatoms. The van der Waals surface area contributed by atoms with Crippen LogP contribution in [0.4, 0.5) is 0 Å². The number of carbonyl (C=O) groups excluding carboxylic acids is 1. The van der Waals surface area contributed by atoms with Crippen LogP contribution in [-0.4, -0.2) is 19.1 Å². The molecule has 0 aliphatic carbocycles. The van der Waals surface area contributed by atoms with Crippen LogP contribution in [0.2, 0.25) is 0 Å². The molecule has 1 heterocycles. The number of halogens is 1. The summed E-state index contributed by atoms with van der Waals surface area (Å²) in [6, 6.07) is 15.5. The normalized spacial score (nSPS) is 13.1. The molecule has 1 aliphatic heterocycles. The van der Waals surface area contributed by atoms with Gasteiger partial charge in [-0.2, -0.15) is 0 Å². The lowest BCUT2D eigenvalue weighted by Crippen LogP contribution is -2.23. The molecule has 0 bridgehead atoms. The van der Waals surface area contributed by atoms with Gasteiger partial charge in [0.05, 0.1) is 0 Å². The zero-order chi connectivity index (χ0) is 14.5. The number of amides is 1. The molecule has 2 N–H and O–H groups in total. The predicted molar refractivity (Wildman–Crippen MR) is 88.5 cm³/mol. The minimum Gasteiger partial charge on any atom is -0.492 e. The maximum absolute atomic E-state index is 12.2. The van der Waals surface area contributed by atoms with Gasteiger partial charge < -0.3 is 15.4 Å². The van der Waals surface area contributed by atoms with Crippen molar-refractivity contribution in [1.82, 2.24) is 10.6 Å². The van der Waals surface area contributed by atoms with Crippen LogP contribution in [0.3, 0.4) is 0 Å². The van der Waals surface area contributed by atoms with E-state index in [-0.39, 0.29) is 18.3 Å². The Bertz CT molecular complexity index is 632. The summed E-state index contributed by atoms with van der Waals surface area (Å²) in [4.78, 5) is 12.2. The molecular weight excluding hydrogens is 300 g/mol. The van der Waals surface area contributed by atoms with Crippen molar-refractivity contribution in [2.75, 3.05) is 13.2 Å². The first-order valence-corrected chi connectivity index (χ1v) is 7.11. The smallest absolute Gasteiger partial charge is 0.251 e. The van der Waals surface area contributed by atoms with E-state index in [9.17, 15) is 4.79 Å². The van der Waals surface area contributed by atoms with Crippen molar-refractivity contribution in [1.29, 1.82) is 0 Å². The zero-order valence-corrected chi connectivity index (χ0v) is 13.0. The number of rotatable bonds is 3. The van der Waals surface area contributed by atoms with Gasteiger partial charge in [-0.3, -0.25) is 4.79 Å². The number of carbonyl (C=O) groups is 1. The second kappa shape index (κ2) is 7.82. The molecule has 4 nitrogen and oxygen atoms in total. The average Bonchev–Trinajstić information content (AvgIpc) is 2.78. The van der Waals surface area contributed by atoms with Crippen molar-refractivity contribution >= 4 is 18.3 Å². The van der Waals surface area contributed by atoms with Crippen molar-refractivity contribution in [2.45, 2.75) is 13.1 Å². The maximum atomic E-state index is 12.2. The van der Waals surface area contributed by atoms with Crippen LogP contribution in [0, 0.1) is 0 Å². The second-order valence-electron chi connectivity index (χ2n) is 5.02. The highest BCUT2D eigenvalue weighted by Crippen LogP contribution is 2.21. The van der Waals surface area contributed by atoms with Gasteiger partial charge in [-0.1, -0.05) is 30.3 Å². The molecule has 0 atom stereocenters. The van der Waals surface area contributed by atoms with Gasteiger partial charge >= 0.3 is 0 Å². The fourth-order valence-corrected chi connectivity index (χ4v) is 2.34. The van der Waals surface area contributed by atoms with Crippen LogP contribution >= 0.6 is 12.4 Å². The third-order valence-corrected chi connectivity index (χ3v) is 3.47. The van der Waals surface area contributed by atoms with Crippen LogP contribution < -0.4 is 15.4 Å². The van der Waals surface area contributed by atoms with E-state index < -0.39 is 0 Å². The summed E-state index contributed by atoms with van der Waals surface area (Å²) < 4.78 is 5.62. The zero-order valence-electron chi connectivity index (χ0n) is 12.2. The van der Waals surface area contributed by atoms with Crippen LogP contribution in [-0.2, 0) is 13.1 Å². The van der Waals surface area contributed by atoms with Gasteiger partial charge in [0.25, 0.3) is 5.91 Å². The summed E-state index contributed by atoms with van der Waals surface area (Å²) in [7, 11) is 0. The SMILES string of the molecule is Cl.O=C(NCc1ccccc1)c1ccc2c(c1)CNCCO2. The Morgan fingerprint density at radius 2 is 2.00 bits per heavy atom. The standard InChI is InChI=1S/C17H18N2O2.ClH/c20-17(19-11-13-4-2-1-3-5-13)14-6-7-16-15(10-14)12-18-8-9-21-16;/h1-7,10,18H,8-9,11-12H2,(H,19,20);1H. The quantitative estimate of drug-likeness (QED) is 0.914. The molecule has 2 aromatic rings. The van der Waals surface area contributed by atoms with E-state index in [4.69, 9.17) is 4.74 Å². The van der Waals surface area contributed by atoms with E-state index in [1.54, 1.807) is 0 Å². The number of nitrogens with one attached hydrogen (secondary N) is 2. The van der Waals surface area contributed by atoms with E-state index in [1.165, 1.54) is 0 Å². The Kier molecular flexibility index (Phi) is 5.81. The number of ether oxygens (including phenoxy) is 1. The molecule has 116 valence electrons. The monoisotopic (exact) mass is 318 g/mol. The van der Waals surface area contributed by atoms with E-state index in [0.29, 0.717) is 18.7 Å². The summed E-state index contributed by atoms with van der Waals surface area (Å²) in [5.74, 6) is 0.797. The van der Waals surface area contributed by atoms with Gasteiger partial charge in [0, 0.05) is 30.8 Å². The lowest BCUT2D eigenvalue weighted by molar-refractivity contribution is 0.0951. The average molecular weight is 319 g/mol. The highest BCUT2D eigenvalue weighted by molar-refractivity contribution is 5.94. The van der Waals surface area contributed by atoms with Crippen molar-refractivity contribution in [3.63, 3.8) is 0 Å². The number of benzene rings is 2. The lowest BCUT2D eigenvalue weighted by atomic mass is 10.1. The fraction of sp³-hybridized carbons (Fsp3) is 0.235. The first-order valence-electron chi connectivity index (χ1n) is 7.11. The third-order valence-electron chi connectivity index (χ3n) is 3.47. The van der Waals surface area contributed by atoms with Gasteiger partial charge in [-0.25, -0.2) is 0 Å². The molecule has 1 aliphatic rings. The van der Waals surface area contributed by atoms with Gasteiger partial charge in [0.15, 0.2) is 0 Å². The summed E-state index contributed by atoms with van der Waals surface area (Å²) in [6.45, 7) is 2.75. The van der Waals surface area contributed by atoms with Crippen LogP contribution in [0.15, 0.2) is 48.5 Å². The van der Waals surface area contributed by atoms with Gasteiger partial charge in [0.2, 0.25) is 0 Å². The first-order chi connectivity index (χ1) is 10.3. The molecule has 0 saturated heterocycles. The number of hydrogen-bond donors (Lipinski definition) is 2. The van der Waals surface area contributed by atoms with Crippen LogP contribution in [0.25, 0.3) is 0 Å². The van der Waals surface area contributed by atoms with E-state index >= 15 is 0 Å². The van der Waals surface area contributed by atoms with Gasteiger partial charge in [0.1, 0.15) is 12.4 Å². The molecule has 0 aromatic heterocycles. The van der Waals surface area contributed by atoms with Crippen molar-refractivity contribution in [3.05, 3.63) is 65.2 Å². The van der Waals surface area contributed by atoms with Gasteiger partial charge in [-0.15, -0.1) is 12.4 Å². The fourth-order valence-electron chi connectivity index (χ4n) is 2.34. The molecule has 0 fully saturated rings. The van der Waals surface area contributed by atoms with Crippen LogP contribution in [0.5, 0.6) is 5.75 Å². The van der Waals surface area contributed by atoms with Crippen molar-refractivity contribution in [2.24, 2.45) is 0 Å². The largest absolute Gasteiger partial charge is 0.492 e. The minimum atomic E-state index is -0.0640. The Hall–Kier alpha value is -2.04. The summed E-state index contributed by atoms with van der Waals surface area (Å²) in [6.07, 6.45) is 0. The Morgan fingerprint density at radius 1 is 1.18 bits per heavy atom. The van der Waals surface area contributed by atoms with Gasteiger partial charge in [-0.05, 0) is 23.8 Å². The Morgan fingerprint density at radius 3 is 2.82 bits per heavy atom. The van der Waals surface area contributed by atoms with E-state index in [2.05, 4.69) is 10.6 Å². The molecule has 0 spiro atoms. The van der Waals surface area contributed by atoms with Crippen molar-refractivity contribution < 1.29 is 9.53 Å². The minimum absolute atomic E-state index is 0. The molecule has 3 rings (SSSR count).